The van der Waals surface area contributed by atoms with Gasteiger partial charge in [0, 0.05) is 17.1 Å². The standard InChI is InChI=1S/C13H14BrClN4/c1-3-9-12(16-2)17-7-18-13(9)19-11-6-8(14)4-5-10(11)15/h4-7H,3H2,1-2H3,(H2,16,17,18,19). The summed E-state index contributed by atoms with van der Waals surface area (Å²) >= 11 is 9.60. The molecular formula is C13H14BrClN4. The van der Waals surface area contributed by atoms with Gasteiger partial charge in [-0.3, -0.25) is 0 Å². The molecule has 0 radical (unpaired) electrons. The van der Waals surface area contributed by atoms with Crippen LogP contribution in [0.25, 0.3) is 0 Å². The molecule has 2 rings (SSSR count). The van der Waals surface area contributed by atoms with Crippen molar-refractivity contribution in [3.8, 4) is 0 Å². The Labute approximate surface area is 125 Å². The topological polar surface area (TPSA) is 49.8 Å². The van der Waals surface area contributed by atoms with Gasteiger partial charge in [0.2, 0.25) is 0 Å². The second-order valence-electron chi connectivity index (χ2n) is 3.90. The number of nitrogens with zero attached hydrogens (tertiary/aromatic N) is 2. The maximum absolute atomic E-state index is 6.17. The predicted molar refractivity (Wildman–Crippen MR) is 83.4 cm³/mol. The molecule has 0 saturated heterocycles. The molecule has 2 N–H and O–H groups in total. The van der Waals surface area contributed by atoms with E-state index in [0.29, 0.717) is 5.02 Å². The summed E-state index contributed by atoms with van der Waals surface area (Å²) in [6, 6.07) is 5.65. The molecule has 0 aliphatic rings. The summed E-state index contributed by atoms with van der Waals surface area (Å²) in [5, 5.41) is 6.97. The zero-order chi connectivity index (χ0) is 13.8. The second kappa shape index (κ2) is 6.21. The minimum Gasteiger partial charge on any atom is -0.373 e. The molecule has 0 amide bonds. The van der Waals surface area contributed by atoms with Crippen molar-refractivity contribution in [3.63, 3.8) is 0 Å². The first kappa shape index (κ1) is 14.1. The van der Waals surface area contributed by atoms with Crippen molar-refractivity contribution < 1.29 is 0 Å². The molecule has 100 valence electrons. The van der Waals surface area contributed by atoms with Crippen molar-refractivity contribution in [2.45, 2.75) is 13.3 Å². The molecule has 0 bridgehead atoms. The van der Waals surface area contributed by atoms with Gasteiger partial charge in [-0.05, 0) is 24.6 Å². The fourth-order valence-electron chi connectivity index (χ4n) is 1.79. The van der Waals surface area contributed by atoms with E-state index in [0.717, 1.165) is 33.8 Å². The molecule has 0 aliphatic carbocycles. The molecule has 6 heteroatoms. The van der Waals surface area contributed by atoms with Gasteiger partial charge in [0.25, 0.3) is 0 Å². The molecule has 0 spiro atoms. The third kappa shape index (κ3) is 3.16. The maximum Gasteiger partial charge on any atom is 0.139 e. The van der Waals surface area contributed by atoms with Crippen LogP contribution >= 0.6 is 27.5 Å². The fourth-order valence-corrected chi connectivity index (χ4v) is 2.32. The number of rotatable bonds is 4. The van der Waals surface area contributed by atoms with E-state index in [1.54, 1.807) is 0 Å². The summed E-state index contributed by atoms with van der Waals surface area (Å²) in [7, 11) is 1.84. The third-order valence-electron chi connectivity index (χ3n) is 2.72. The smallest absolute Gasteiger partial charge is 0.139 e. The number of halogens is 2. The highest BCUT2D eigenvalue weighted by Crippen LogP contribution is 2.30. The summed E-state index contributed by atoms with van der Waals surface area (Å²) in [5.41, 5.74) is 1.84. The van der Waals surface area contributed by atoms with E-state index in [9.17, 15) is 0 Å². The van der Waals surface area contributed by atoms with E-state index in [2.05, 4.69) is 43.5 Å². The first-order chi connectivity index (χ1) is 9.15. The number of benzene rings is 1. The molecule has 0 aliphatic heterocycles. The van der Waals surface area contributed by atoms with Crippen LogP contribution < -0.4 is 10.6 Å². The maximum atomic E-state index is 6.17. The first-order valence-corrected chi connectivity index (χ1v) is 7.06. The van der Waals surface area contributed by atoms with Crippen LogP contribution in [0.4, 0.5) is 17.3 Å². The minimum absolute atomic E-state index is 0.648. The summed E-state index contributed by atoms with van der Waals surface area (Å²) < 4.78 is 0.959. The van der Waals surface area contributed by atoms with Gasteiger partial charge in [-0.15, -0.1) is 0 Å². The van der Waals surface area contributed by atoms with E-state index in [1.807, 2.05) is 25.2 Å². The Balaban J connectivity index is 2.40. The molecule has 0 atom stereocenters. The highest BCUT2D eigenvalue weighted by atomic mass is 79.9. The molecule has 0 fully saturated rings. The first-order valence-electron chi connectivity index (χ1n) is 5.89. The Morgan fingerprint density at radius 3 is 2.68 bits per heavy atom. The minimum atomic E-state index is 0.648. The van der Waals surface area contributed by atoms with Crippen LogP contribution in [0.15, 0.2) is 29.0 Å². The average molecular weight is 342 g/mol. The van der Waals surface area contributed by atoms with Crippen LogP contribution in [-0.2, 0) is 6.42 Å². The number of nitrogens with one attached hydrogen (secondary N) is 2. The van der Waals surface area contributed by atoms with E-state index >= 15 is 0 Å². The number of anilines is 3. The monoisotopic (exact) mass is 340 g/mol. The lowest BCUT2D eigenvalue weighted by Crippen LogP contribution is -2.05. The van der Waals surface area contributed by atoms with Crippen LogP contribution in [0.3, 0.4) is 0 Å². The Morgan fingerprint density at radius 1 is 1.26 bits per heavy atom. The molecule has 1 heterocycles. The normalized spacial score (nSPS) is 10.3. The van der Waals surface area contributed by atoms with Gasteiger partial charge in [-0.25, -0.2) is 9.97 Å². The third-order valence-corrected chi connectivity index (χ3v) is 3.54. The lowest BCUT2D eigenvalue weighted by Gasteiger charge is -2.13. The van der Waals surface area contributed by atoms with Gasteiger partial charge in [-0.2, -0.15) is 0 Å². The largest absolute Gasteiger partial charge is 0.373 e. The summed E-state index contributed by atoms with van der Waals surface area (Å²) in [4.78, 5) is 8.49. The molecular weight excluding hydrogens is 328 g/mol. The lowest BCUT2D eigenvalue weighted by molar-refractivity contribution is 1.05. The Kier molecular flexibility index (Phi) is 4.61. The molecule has 0 unspecified atom stereocenters. The Hall–Kier alpha value is -1.33. The van der Waals surface area contributed by atoms with Gasteiger partial charge in [0.05, 0.1) is 10.7 Å². The molecule has 19 heavy (non-hydrogen) atoms. The van der Waals surface area contributed by atoms with Crippen LogP contribution in [0.1, 0.15) is 12.5 Å². The van der Waals surface area contributed by atoms with Crippen LogP contribution in [-0.4, -0.2) is 17.0 Å². The average Bonchev–Trinajstić information content (AvgIpc) is 2.42. The Morgan fingerprint density at radius 2 is 2.00 bits per heavy atom. The second-order valence-corrected chi connectivity index (χ2v) is 5.23. The van der Waals surface area contributed by atoms with Gasteiger partial charge in [0.15, 0.2) is 0 Å². The number of aromatic nitrogens is 2. The molecule has 1 aromatic heterocycles. The van der Waals surface area contributed by atoms with Gasteiger partial charge < -0.3 is 10.6 Å². The van der Waals surface area contributed by atoms with Crippen LogP contribution in [0.2, 0.25) is 5.02 Å². The summed E-state index contributed by atoms with van der Waals surface area (Å²) in [6.45, 7) is 2.06. The van der Waals surface area contributed by atoms with Crippen molar-refractivity contribution in [2.24, 2.45) is 0 Å². The van der Waals surface area contributed by atoms with Crippen molar-refractivity contribution in [1.82, 2.24) is 9.97 Å². The fraction of sp³-hybridized carbons (Fsp3) is 0.231. The van der Waals surface area contributed by atoms with Crippen molar-refractivity contribution in [1.29, 1.82) is 0 Å². The summed E-state index contributed by atoms with van der Waals surface area (Å²) in [5.74, 6) is 1.59. The number of hydrogen-bond donors (Lipinski definition) is 2. The van der Waals surface area contributed by atoms with Gasteiger partial charge in [-0.1, -0.05) is 34.5 Å². The zero-order valence-corrected chi connectivity index (χ0v) is 13.0. The SMILES string of the molecule is CCc1c(NC)ncnc1Nc1cc(Br)ccc1Cl. The quantitative estimate of drug-likeness (QED) is 0.873. The Bertz CT molecular complexity index is 589. The molecule has 0 saturated carbocycles. The predicted octanol–water partition coefficient (Wildman–Crippen LogP) is 4.24. The van der Waals surface area contributed by atoms with E-state index < -0.39 is 0 Å². The van der Waals surface area contributed by atoms with Gasteiger partial charge in [0.1, 0.15) is 18.0 Å². The van der Waals surface area contributed by atoms with E-state index in [1.165, 1.54) is 6.33 Å². The number of hydrogen-bond acceptors (Lipinski definition) is 4. The van der Waals surface area contributed by atoms with Crippen LogP contribution in [0, 0.1) is 0 Å². The highest BCUT2D eigenvalue weighted by molar-refractivity contribution is 9.10. The van der Waals surface area contributed by atoms with Crippen molar-refractivity contribution in [3.05, 3.63) is 39.6 Å². The molecule has 4 nitrogen and oxygen atoms in total. The molecule has 1 aromatic carbocycles. The zero-order valence-electron chi connectivity index (χ0n) is 10.7. The summed E-state index contributed by atoms with van der Waals surface area (Å²) in [6.07, 6.45) is 2.35. The van der Waals surface area contributed by atoms with Crippen molar-refractivity contribution >= 4 is 44.9 Å². The van der Waals surface area contributed by atoms with Crippen molar-refractivity contribution in [2.75, 3.05) is 17.7 Å². The highest BCUT2D eigenvalue weighted by Gasteiger charge is 2.10. The lowest BCUT2D eigenvalue weighted by atomic mass is 10.2. The van der Waals surface area contributed by atoms with E-state index in [4.69, 9.17) is 11.6 Å². The molecule has 2 aromatic rings. The van der Waals surface area contributed by atoms with Gasteiger partial charge >= 0.3 is 0 Å². The van der Waals surface area contributed by atoms with Crippen LogP contribution in [0.5, 0.6) is 0 Å². The van der Waals surface area contributed by atoms with E-state index in [-0.39, 0.29) is 0 Å².